The summed E-state index contributed by atoms with van der Waals surface area (Å²) in [4.78, 5) is 22.0. The number of hydrogen-bond donors (Lipinski definition) is 2. The van der Waals surface area contributed by atoms with Crippen molar-refractivity contribution in [1.29, 1.82) is 0 Å². The number of anilines is 1. The fraction of sp³-hybridized carbons (Fsp3) is 0.182. The van der Waals surface area contributed by atoms with Gasteiger partial charge in [0.2, 0.25) is 5.88 Å². The summed E-state index contributed by atoms with van der Waals surface area (Å²) in [6.45, 7) is 0.545. The van der Waals surface area contributed by atoms with Gasteiger partial charge < -0.3 is 15.0 Å². The summed E-state index contributed by atoms with van der Waals surface area (Å²) < 4.78 is 5.51. The van der Waals surface area contributed by atoms with Crippen molar-refractivity contribution >= 4 is 28.4 Å². The number of rotatable bonds is 4. The molecule has 0 aliphatic rings. The molecule has 2 aromatic rings. The summed E-state index contributed by atoms with van der Waals surface area (Å²) in [5.41, 5.74) is 0.828. The molecular formula is C11H11IN4O2. The van der Waals surface area contributed by atoms with E-state index in [0.29, 0.717) is 21.8 Å². The van der Waals surface area contributed by atoms with Crippen LogP contribution < -0.4 is 15.6 Å². The number of ether oxygens (including phenoxy) is 1. The summed E-state index contributed by atoms with van der Waals surface area (Å²) in [5.74, 6) is 1.14. The van der Waals surface area contributed by atoms with Crippen molar-refractivity contribution in [2.45, 2.75) is 6.54 Å². The average molecular weight is 358 g/mol. The maximum Gasteiger partial charge on any atom is 0.266 e. The summed E-state index contributed by atoms with van der Waals surface area (Å²) in [6.07, 6.45) is 3.09. The Hall–Kier alpha value is -1.64. The van der Waals surface area contributed by atoms with Crippen LogP contribution in [0.1, 0.15) is 5.56 Å². The fourth-order valence-corrected chi connectivity index (χ4v) is 1.81. The molecule has 94 valence electrons. The maximum absolute atomic E-state index is 11.4. The van der Waals surface area contributed by atoms with Crippen LogP contribution in [0.15, 0.2) is 29.5 Å². The highest BCUT2D eigenvalue weighted by molar-refractivity contribution is 14.1. The summed E-state index contributed by atoms with van der Waals surface area (Å²) >= 11 is 1.95. The molecule has 2 aromatic heterocycles. The molecule has 0 spiro atoms. The minimum Gasteiger partial charge on any atom is -0.481 e. The first kappa shape index (κ1) is 12.8. The van der Waals surface area contributed by atoms with E-state index < -0.39 is 0 Å². The van der Waals surface area contributed by atoms with Crippen molar-refractivity contribution in [2.24, 2.45) is 0 Å². The van der Waals surface area contributed by atoms with E-state index in [-0.39, 0.29) is 5.56 Å². The zero-order valence-corrected chi connectivity index (χ0v) is 11.8. The number of aromatic nitrogens is 3. The van der Waals surface area contributed by atoms with Crippen LogP contribution in [0.3, 0.4) is 0 Å². The highest BCUT2D eigenvalue weighted by atomic mass is 127. The quantitative estimate of drug-likeness (QED) is 0.808. The van der Waals surface area contributed by atoms with Crippen LogP contribution in [0.4, 0.5) is 5.82 Å². The van der Waals surface area contributed by atoms with Gasteiger partial charge in [-0.1, -0.05) is 6.07 Å². The molecule has 0 aliphatic heterocycles. The molecule has 0 saturated heterocycles. The summed E-state index contributed by atoms with van der Waals surface area (Å²) in [6, 6.07) is 3.69. The number of pyridine rings is 1. The van der Waals surface area contributed by atoms with Crippen molar-refractivity contribution < 1.29 is 4.74 Å². The lowest BCUT2D eigenvalue weighted by atomic mass is 10.3. The highest BCUT2D eigenvalue weighted by Crippen LogP contribution is 2.11. The number of nitrogens with one attached hydrogen (secondary N) is 2. The van der Waals surface area contributed by atoms with Crippen LogP contribution in [0.25, 0.3) is 0 Å². The Labute approximate surface area is 117 Å². The smallest absolute Gasteiger partial charge is 0.266 e. The van der Waals surface area contributed by atoms with E-state index in [9.17, 15) is 4.79 Å². The number of H-pyrrole nitrogens is 1. The van der Waals surface area contributed by atoms with E-state index in [1.807, 2.05) is 28.7 Å². The second kappa shape index (κ2) is 5.80. The third kappa shape index (κ3) is 2.97. The monoisotopic (exact) mass is 358 g/mol. The maximum atomic E-state index is 11.4. The number of hydrogen-bond acceptors (Lipinski definition) is 5. The molecule has 2 N–H and O–H groups in total. The van der Waals surface area contributed by atoms with Crippen molar-refractivity contribution in [2.75, 3.05) is 12.4 Å². The molecule has 0 saturated carbocycles. The SMILES string of the molecule is COc1ccc(CNc2nc[nH]c(=O)c2I)cn1. The molecule has 7 heteroatoms. The Morgan fingerprint density at radius 3 is 2.94 bits per heavy atom. The van der Waals surface area contributed by atoms with Crippen LogP contribution in [-0.2, 0) is 6.54 Å². The van der Waals surface area contributed by atoms with Gasteiger partial charge in [-0.2, -0.15) is 0 Å². The molecule has 2 heterocycles. The molecule has 6 nitrogen and oxygen atoms in total. The van der Waals surface area contributed by atoms with Crippen LogP contribution in [0.5, 0.6) is 5.88 Å². The Balaban J connectivity index is 2.06. The van der Waals surface area contributed by atoms with Gasteiger partial charge in [-0.15, -0.1) is 0 Å². The predicted molar refractivity (Wildman–Crippen MR) is 75.7 cm³/mol. The van der Waals surface area contributed by atoms with Crippen molar-refractivity contribution in [1.82, 2.24) is 15.0 Å². The van der Waals surface area contributed by atoms with Crippen molar-refractivity contribution in [3.05, 3.63) is 44.1 Å². The average Bonchev–Trinajstić information content (AvgIpc) is 2.41. The molecule has 0 amide bonds. The molecule has 0 aromatic carbocycles. The summed E-state index contributed by atoms with van der Waals surface area (Å²) in [7, 11) is 1.57. The first-order valence-electron chi connectivity index (χ1n) is 5.16. The molecule has 0 atom stereocenters. The first-order chi connectivity index (χ1) is 8.70. The van der Waals surface area contributed by atoms with Crippen molar-refractivity contribution in [3.63, 3.8) is 0 Å². The topological polar surface area (TPSA) is 79.9 Å². The van der Waals surface area contributed by atoms with E-state index in [0.717, 1.165) is 5.56 Å². The van der Waals surface area contributed by atoms with Gasteiger partial charge in [0.05, 0.1) is 13.4 Å². The van der Waals surface area contributed by atoms with Crippen LogP contribution >= 0.6 is 22.6 Å². The van der Waals surface area contributed by atoms with E-state index in [4.69, 9.17) is 4.74 Å². The molecule has 18 heavy (non-hydrogen) atoms. The second-order valence-electron chi connectivity index (χ2n) is 3.46. The zero-order valence-electron chi connectivity index (χ0n) is 9.61. The van der Waals surface area contributed by atoms with Gasteiger partial charge in [0.15, 0.2) is 0 Å². The Bertz CT molecular complexity index is 582. The third-order valence-corrected chi connectivity index (χ3v) is 3.26. The molecule has 0 radical (unpaired) electrons. The highest BCUT2D eigenvalue weighted by Gasteiger charge is 2.04. The molecule has 0 unspecified atom stereocenters. The largest absolute Gasteiger partial charge is 0.481 e. The fourth-order valence-electron chi connectivity index (χ4n) is 1.33. The summed E-state index contributed by atoms with van der Waals surface area (Å²) in [5, 5.41) is 3.09. The second-order valence-corrected chi connectivity index (χ2v) is 4.54. The normalized spacial score (nSPS) is 10.1. The number of aromatic amines is 1. The Morgan fingerprint density at radius 2 is 2.28 bits per heavy atom. The number of halogens is 1. The number of methoxy groups -OCH3 is 1. The lowest BCUT2D eigenvalue weighted by Crippen LogP contribution is -2.14. The van der Waals surface area contributed by atoms with Gasteiger partial charge >= 0.3 is 0 Å². The van der Waals surface area contributed by atoms with Gasteiger partial charge in [-0.3, -0.25) is 4.79 Å². The first-order valence-corrected chi connectivity index (χ1v) is 6.24. The minimum atomic E-state index is -0.152. The van der Waals surface area contributed by atoms with Gasteiger partial charge in [0.25, 0.3) is 5.56 Å². The van der Waals surface area contributed by atoms with Gasteiger partial charge in [-0.05, 0) is 28.2 Å². The third-order valence-electron chi connectivity index (χ3n) is 2.26. The van der Waals surface area contributed by atoms with Crippen LogP contribution in [0, 0.1) is 3.57 Å². The molecule has 0 aliphatic carbocycles. The molecule has 0 bridgehead atoms. The van der Waals surface area contributed by atoms with Crippen LogP contribution in [-0.4, -0.2) is 22.1 Å². The lowest BCUT2D eigenvalue weighted by Gasteiger charge is -2.06. The van der Waals surface area contributed by atoms with Gasteiger partial charge in [-0.25, -0.2) is 9.97 Å². The van der Waals surface area contributed by atoms with Gasteiger partial charge in [0, 0.05) is 18.8 Å². The lowest BCUT2D eigenvalue weighted by molar-refractivity contribution is 0.397. The van der Waals surface area contributed by atoms with E-state index in [2.05, 4.69) is 20.3 Å². The van der Waals surface area contributed by atoms with Crippen molar-refractivity contribution in [3.8, 4) is 5.88 Å². The molecular weight excluding hydrogens is 347 g/mol. The van der Waals surface area contributed by atoms with E-state index in [1.165, 1.54) is 6.33 Å². The Morgan fingerprint density at radius 1 is 1.44 bits per heavy atom. The predicted octanol–water partition coefficient (Wildman–Crippen LogP) is 1.39. The van der Waals surface area contributed by atoms with E-state index in [1.54, 1.807) is 19.4 Å². The standard InChI is InChI=1S/C11H11IN4O2/c1-18-8-3-2-7(4-13-8)5-14-10-9(12)11(17)16-6-15-10/h2-4,6H,5H2,1H3,(H2,14,15,16,17). The molecule has 0 fully saturated rings. The zero-order chi connectivity index (χ0) is 13.0. The van der Waals surface area contributed by atoms with E-state index >= 15 is 0 Å². The Kier molecular flexibility index (Phi) is 4.13. The number of nitrogens with zero attached hydrogens (tertiary/aromatic N) is 2. The van der Waals surface area contributed by atoms with Crippen LogP contribution in [0.2, 0.25) is 0 Å². The van der Waals surface area contributed by atoms with Gasteiger partial charge in [0.1, 0.15) is 9.39 Å². The molecule has 2 rings (SSSR count). The minimum absolute atomic E-state index is 0.152.